The molecule has 2 N–H and O–H groups in total. The van der Waals surface area contributed by atoms with E-state index in [4.69, 9.17) is 0 Å². The van der Waals surface area contributed by atoms with E-state index in [1.165, 1.54) is 11.1 Å². The smallest absolute Gasteiger partial charge is 0.237 e. The summed E-state index contributed by atoms with van der Waals surface area (Å²) in [7, 11) is -3.16. The molecule has 23 heavy (non-hydrogen) atoms. The summed E-state index contributed by atoms with van der Waals surface area (Å²) < 4.78 is 24.3. The van der Waals surface area contributed by atoms with Crippen molar-refractivity contribution in [1.82, 2.24) is 14.9 Å². The quantitative estimate of drug-likeness (QED) is 0.709. The lowest BCUT2D eigenvalue weighted by Crippen LogP contribution is -2.47. The molecular weight excluding hydrogens is 314 g/mol. The van der Waals surface area contributed by atoms with Crippen LogP contribution in [0.25, 0.3) is 0 Å². The summed E-state index contributed by atoms with van der Waals surface area (Å²) >= 11 is 0. The van der Waals surface area contributed by atoms with Crippen LogP contribution in [0.5, 0.6) is 0 Å². The fourth-order valence-electron chi connectivity index (χ4n) is 2.72. The van der Waals surface area contributed by atoms with Gasteiger partial charge in [0.05, 0.1) is 12.3 Å². The summed E-state index contributed by atoms with van der Waals surface area (Å²) in [6, 6.07) is 8.15. The molecule has 128 valence electrons. The predicted octanol–water partition coefficient (Wildman–Crippen LogP) is 0.489. The molecule has 0 bridgehead atoms. The lowest BCUT2D eigenvalue weighted by atomic mass is 9.99. The number of carbonyl (C=O) groups excluding carboxylic acids is 1. The van der Waals surface area contributed by atoms with Crippen LogP contribution in [-0.4, -0.2) is 51.2 Å². The van der Waals surface area contributed by atoms with Gasteiger partial charge in [-0.05, 0) is 30.9 Å². The fraction of sp³-hybridized carbons (Fsp3) is 0.562. The van der Waals surface area contributed by atoms with Gasteiger partial charge in [-0.2, -0.15) is 0 Å². The van der Waals surface area contributed by atoms with Gasteiger partial charge in [-0.15, -0.1) is 0 Å². The summed E-state index contributed by atoms with van der Waals surface area (Å²) in [5.74, 6) is -0.0104. The summed E-state index contributed by atoms with van der Waals surface area (Å²) in [6.45, 7) is 4.39. The molecule has 0 saturated heterocycles. The van der Waals surface area contributed by atoms with E-state index >= 15 is 0 Å². The monoisotopic (exact) mass is 339 g/mol. The Bertz CT molecular complexity index is 646. The first kappa shape index (κ1) is 17.9. The maximum atomic E-state index is 12.2. The van der Waals surface area contributed by atoms with Crippen molar-refractivity contribution in [3.05, 3.63) is 35.4 Å². The zero-order valence-corrected chi connectivity index (χ0v) is 14.5. The minimum atomic E-state index is -3.16. The van der Waals surface area contributed by atoms with Crippen LogP contribution in [0.2, 0.25) is 0 Å². The third kappa shape index (κ3) is 5.60. The molecule has 6 nitrogen and oxygen atoms in total. The van der Waals surface area contributed by atoms with Gasteiger partial charge >= 0.3 is 0 Å². The summed E-state index contributed by atoms with van der Waals surface area (Å²) in [6.07, 6.45) is 2.67. The van der Waals surface area contributed by atoms with Crippen molar-refractivity contribution in [2.45, 2.75) is 32.4 Å². The highest BCUT2D eigenvalue weighted by Gasteiger charge is 2.24. The van der Waals surface area contributed by atoms with Crippen LogP contribution >= 0.6 is 0 Å². The van der Waals surface area contributed by atoms with Gasteiger partial charge in [0.1, 0.15) is 0 Å². The van der Waals surface area contributed by atoms with Crippen LogP contribution in [0, 0.1) is 0 Å². The summed E-state index contributed by atoms with van der Waals surface area (Å²) in [5.41, 5.74) is 2.65. The molecule has 1 aromatic rings. The molecule has 2 rings (SSSR count). The van der Waals surface area contributed by atoms with Crippen molar-refractivity contribution in [1.29, 1.82) is 0 Å². The predicted molar refractivity (Wildman–Crippen MR) is 90.5 cm³/mol. The molecule has 0 radical (unpaired) electrons. The Morgan fingerprint density at radius 1 is 1.26 bits per heavy atom. The molecule has 1 heterocycles. The Balaban J connectivity index is 1.75. The SMILES string of the molecule is CC(C(=O)NCCCNS(C)(=O)=O)N1CCc2ccccc2C1. The number of nitrogens with zero attached hydrogens (tertiary/aromatic N) is 1. The average Bonchev–Trinajstić information content (AvgIpc) is 2.52. The number of nitrogens with one attached hydrogen (secondary N) is 2. The van der Waals surface area contributed by atoms with Crippen molar-refractivity contribution < 1.29 is 13.2 Å². The molecule has 0 aromatic heterocycles. The Kier molecular flexibility index (Phi) is 6.15. The number of carbonyl (C=O) groups is 1. The zero-order chi connectivity index (χ0) is 16.9. The Morgan fingerprint density at radius 2 is 1.96 bits per heavy atom. The number of rotatable bonds is 7. The number of hydrogen-bond acceptors (Lipinski definition) is 4. The maximum Gasteiger partial charge on any atom is 0.237 e. The first-order chi connectivity index (χ1) is 10.9. The molecule has 0 saturated carbocycles. The molecule has 0 fully saturated rings. The van der Waals surface area contributed by atoms with Gasteiger partial charge < -0.3 is 5.32 Å². The van der Waals surface area contributed by atoms with Crippen LogP contribution < -0.4 is 10.0 Å². The third-order valence-corrected chi connectivity index (χ3v) is 4.83. The highest BCUT2D eigenvalue weighted by molar-refractivity contribution is 7.88. The molecule has 1 unspecified atom stereocenters. The molecule has 7 heteroatoms. The van der Waals surface area contributed by atoms with Crippen LogP contribution in [0.4, 0.5) is 0 Å². The highest BCUT2D eigenvalue weighted by Crippen LogP contribution is 2.20. The van der Waals surface area contributed by atoms with E-state index in [1.54, 1.807) is 0 Å². The number of sulfonamides is 1. The van der Waals surface area contributed by atoms with Gasteiger partial charge in [0.15, 0.2) is 0 Å². The van der Waals surface area contributed by atoms with Crippen molar-refractivity contribution in [3.8, 4) is 0 Å². The molecule has 0 aliphatic carbocycles. The molecule has 1 aliphatic rings. The molecule has 1 amide bonds. The van der Waals surface area contributed by atoms with Crippen molar-refractivity contribution in [2.24, 2.45) is 0 Å². The van der Waals surface area contributed by atoms with E-state index in [9.17, 15) is 13.2 Å². The second-order valence-electron chi connectivity index (χ2n) is 5.98. The third-order valence-electron chi connectivity index (χ3n) is 4.10. The van der Waals surface area contributed by atoms with Crippen LogP contribution in [0.1, 0.15) is 24.5 Å². The van der Waals surface area contributed by atoms with Crippen LogP contribution in [-0.2, 0) is 27.8 Å². The van der Waals surface area contributed by atoms with Gasteiger partial charge in [0.2, 0.25) is 15.9 Å². The van der Waals surface area contributed by atoms with Crippen molar-refractivity contribution in [2.75, 3.05) is 25.9 Å². The maximum absolute atomic E-state index is 12.2. The normalized spacial score (nSPS) is 16.6. The van der Waals surface area contributed by atoms with Gasteiger partial charge in [-0.25, -0.2) is 13.1 Å². The highest BCUT2D eigenvalue weighted by atomic mass is 32.2. The minimum Gasteiger partial charge on any atom is -0.355 e. The largest absolute Gasteiger partial charge is 0.355 e. The van der Waals surface area contributed by atoms with E-state index in [1.807, 2.05) is 13.0 Å². The van der Waals surface area contributed by atoms with Gasteiger partial charge in [-0.1, -0.05) is 24.3 Å². The number of hydrogen-bond donors (Lipinski definition) is 2. The van der Waals surface area contributed by atoms with Crippen molar-refractivity contribution >= 4 is 15.9 Å². The molecular formula is C16H25N3O3S. The molecule has 1 aliphatic heterocycles. The van der Waals surface area contributed by atoms with E-state index in [-0.39, 0.29) is 11.9 Å². The first-order valence-electron chi connectivity index (χ1n) is 7.90. The van der Waals surface area contributed by atoms with E-state index in [0.29, 0.717) is 19.5 Å². The number of amides is 1. The fourth-order valence-corrected chi connectivity index (χ4v) is 3.23. The molecule has 0 spiro atoms. The lowest BCUT2D eigenvalue weighted by Gasteiger charge is -2.32. The number of benzene rings is 1. The Morgan fingerprint density at radius 3 is 2.65 bits per heavy atom. The van der Waals surface area contributed by atoms with Gasteiger partial charge in [-0.3, -0.25) is 9.69 Å². The second kappa shape index (κ2) is 7.90. The van der Waals surface area contributed by atoms with Gasteiger partial charge in [0, 0.05) is 26.2 Å². The van der Waals surface area contributed by atoms with E-state index < -0.39 is 10.0 Å². The van der Waals surface area contributed by atoms with Gasteiger partial charge in [0.25, 0.3) is 0 Å². The minimum absolute atomic E-state index is 0.0104. The number of fused-ring (bicyclic) bond motifs is 1. The lowest BCUT2D eigenvalue weighted by molar-refractivity contribution is -0.126. The Labute approximate surface area is 138 Å². The topological polar surface area (TPSA) is 78.5 Å². The standard InChI is InChI=1S/C16H25N3O3S/c1-13(16(20)17-9-5-10-18-23(2,21)22)19-11-8-14-6-3-4-7-15(14)12-19/h3-4,6-7,13,18H,5,8-12H2,1-2H3,(H,17,20). The Hall–Kier alpha value is -1.44. The molecule has 1 atom stereocenters. The van der Waals surface area contributed by atoms with Crippen LogP contribution in [0.15, 0.2) is 24.3 Å². The van der Waals surface area contributed by atoms with E-state index in [2.05, 4.69) is 33.1 Å². The zero-order valence-electron chi connectivity index (χ0n) is 13.7. The molecule has 1 aromatic carbocycles. The first-order valence-corrected chi connectivity index (χ1v) is 9.79. The summed E-state index contributed by atoms with van der Waals surface area (Å²) in [4.78, 5) is 14.4. The van der Waals surface area contributed by atoms with Crippen molar-refractivity contribution in [3.63, 3.8) is 0 Å². The van der Waals surface area contributed by atoms with E-state index in [0.717, 1.165) is 25.8 Å². The average molecular weight is 339 g/mol. The second-order valence-corrected chi connectivity index (χ2v) is 7.81. The van der Waals surface area contributed by atoms with Crippen LogP contribution in [0.3, 0.4) is 0 Å². The summed E-state index contributed by atoms with van der Waals surface area (Å²) in [5, 5.41) is 2.87.